The smallest absolute Gasteiger partial charge is 0.240 e. The number of nitrogens with one attached hydrogen (secondary N) is 1. The molecule has 0 bridgehead atoms. The lowest BCUT2D eigenvalue weighted by Gasteiger charge is -2.04. The number of hydrazone groups is 1. The van der Waals surface area contributed by atoms with Crippen LogP contribution in [0.25, 0.3) is 0 Å². The van der Waals surface area contributed by atoms with Gasteiger partial charge in [-0.15, -0.1) is 0 Å². The standard InChI is InChI=1S/C16H24N2O/c1-4-6-8-16(19)18-17-13(3)15-11-9-14(7-5-2)10-12-15/h9-12H,4-8H2,1-3H3,(H,18,19)/b17-13+. The van der Waals surface area contributed by atoms with Gasteiger partial charge in [0, 0.05) is 6.42 Å². The molecule has 1 aromatic rings. The van der Waals surface area contributed by atoms with E-state index in [1.54, 1.807) is 0 Å². The molecule has 1 rings (SSSR count). The minimum Gasteiger partial charge on any atom is -0.273 e. The number of nitrogens with zero attached hydrogens (tertiary/aromatic N) is 1. The Morgan fingerprint density at radius 1 is 1.16 bits per heavy atom. The number of hydrogen-bond donors (Lipinski definition) is 1. The van der Waals surface area contributed by atoms with Crippen molar-refractivity contribution in [1.29, 1.82) is 0 Å². The van der Waals surface area contributed by atoms with Crippen LogP contribution in [-0.2, 0) is 11.2 Å². The second kappa shape index (κ2) is 8.46. The molecule has 0 fully saturated rings. The molecular formula is C16H24N2O. The predicted molar refractivity (Wildman–Crippen MR) is 80.3 cm³/mol. The van der Waals surface area contributed by atoms with E-state index in [9.17, 15) is 4.79 Å². The molecule has 3 nitrogen and oxygen atoms in total. The molecule has 0 aliphatic carbocycles. The van der Waals surface area contributed by atoms with Gasteiger partial charge in [0.25, 0.3) is 0 Å². The summed E-state index contributed by atoms with van der Waals surface area (Å²) in [4.78, 5) is 11.5. The Labute approximate surface area is 116 Å². The predicted octanol–water partition coefficient (Wildman–Crippen LogP) is 3.67. The molecule has 0 radical (unpaired) electrons. The Kier molecular flexibility index (Phi) is 6.86. The lowest BCUT2D eigenvalue weighted by atomic mass is 10.1. The minimum atomic E-state index is -0.0104. The summed E-state index contributed by atoms with van der Waals surface area (Å²) >= 11 is 0. The molecule has 1 N–H and O–H groups in total. The molecule has 0 heterocycles. The first-order valence-electron chi connectivity index (χ1n) is 7.09. The maximum atomic E-state index is 11.5. The maximum absolute atomic E-state index is 11.5. The van der Waals surface area contributed by atoms with E-state index in [4.69, 9.17) is 0 Å². The molecule has 0 atom stereocenters. The van der Waals surface area contributed by atoms with Crippen LogP contribution in [0.4, 0.5) is 0 Å². The zero-order valence-corrected chi connectivity index (χ0v) is 12.2. The first-order chi connectivity index (χ1) is 9.17. The third-order valence-electron chi connectivity index (χ3n) is 3.02. The van der Waals surface area contributed by atoms with Crippen LogP contribution < -0.4 is 5.43 Å². The van der Waals surface area contributed by atoms with E-state index >= 15 is 0 Å². The maximum Gasteiger partial charge on any atom is 0.240 e. The zero-order valence-electron chi connectivity index (χ0n) is 12.2. The van der Waals surface area contributed by atoms with Gasteiger partial charge in [0.2, 0.25) is 5.91 Å². The molecular weight excluding hydrogens is 236 g/mol. The Morgan fingerprint density at radius 2 is 1.84 bits per heavy atom. The number of unbranched alkanes of at least 4 members (excludes halogenated alkanes) is 1. The van der Waals surface area contributed by atoms with Gasteiger partial charge in [-0.1, -0.05) is 51.0 Å². The second-order valence-corrected chi connectivity index (χ2v) is 4.78. The summed E-state index contributed by atoms with van der Waals surface area (Å²) in [7, 11) is 0. The summed E-state index contributed by atoms with van der Waals surface area (Å²) in [6, 6.07) is 8.36. The Balaban J connectivity index is 2.56. The summed E-state index contributed by atoms with van der Waals surface area (Å²) in [5, 5.41) is 4.14. The van der Waals surface area contributed by atoms with Gasteiger partial charge in [0.15, 0.2) is 0 Å². The monoisotopic (exact) mass is 260 g/mol. The van der Waals surface area contributed by atoms with Crippen LogP contribution in [0.1, 0.15) is 57.6 Å². The molecule has 0 unspecified atom stereocenters. The molecule has 1 amide bonds. The summed E-state index contributed by atoms with van der Waals surface area (Å²) in [5.74, 6) is -0.0104. The van der Waals surface area contributed by atoms with E-state index in [0.717, 1.165) is 37.0 Å². The van der Waals surface area contributed by atoms with Gasteiger partial charge < -0.3 is 0 Å². The fourth-order valence-electron chi connectivity index (χ4n) is 1.81. The van der Waals surface area contributed by atoms with Crippen molar-refractivity contribution >= 4 is 11.6 Å². The van der Waals surface area contributed by atoms with Crippen LogP contribution >= 0.6 is 0 Å². The lowest BCUT2D eigenvalue weighted by molar-refractivity contribution is -0.121. The van der Waals surface area contributed by atoms with Crippen LogP contribution in [-0.4, -0.2) is 11.6 Å². The minimum absolute atomic E-state index is 0.0104. The molecule has 0 saturated heterocycles. The number of carbonyl (C=O) groups excluding carboxylic acids is 1. The highest BCUT2D eigenvalue weighted by molar-refractivity contribution is 5.99. The summed E-state index contributed by atoms with van der Waals surface area (Å²) in [5.41, 5.74) is 5.84. The number of carbonyl (C=O) groups is 1. The molecule has 0 spiro atoms. The van der Waals surface area contributed by atoms with Gasteiger partial charge in [-0.05, 0) is 30.9 Å². The van der Waals surface area contributed by atoms with E-state index in [2.05, 4.69) is 48.6 Å². The number of benzene rings is 1. The lowest BCUT2D eigenvalue weighted by Crippen LogP contribution is -2.18. The molecule has 1 aromatic carbocycles. The van der Waals surface area contributed by atoms with Gasteiger partial charge >= 0.3 is 0 Å². The SMILES string of the molecule is CCCCC(=O)N/N=C(\C)c1ccc(CCC)cc1. The average molecular weight is 260 g/mol. The third kappa shape index (κ3) is 5.69. The number of aryl methyl sites for hydroxylation is 1. The normalized spacial score (nSPS) is 11.4. The van der Waals surface area contributed by atoms with Crippen molar-refractivity contribution in [3.8, 4) is 0 Å². The first kappa shape index (κ1) is 15.4. The summed E-state index contributed by atoms with van der Waals surface area (Å²) in [6.45, 7) is 6.15. The summed E-state index contributed by atoms with van der Waals surface area (Å²) in [6.07, 6.45) is 4.73. The van der Waals surface area contributed by atoms with Gasteiger partial charge in [-0.2, -0.15) is 5.10 Å². The van der Waals surface area contributed by atoms with E-state index < -0.39 is 0 Å². The molecule has 19 heavy (non-hydrogen) atoms. The van der Waals surface area contributed by atoms with Gasteiger partial charge in [0.1, 0.15) is 0 Å². The number of hydrogen-bond acceptors (Lipinski definition) is 2. The van der Waals surface area contributed by atoms with E-state index in [-0.39, 0.29) is 5.91 Å². The van der Waals surface area contributed by atoms with Crippen molar-refractivity contribution in [3.05, 3.63) is 35.4 Å². The Hall–Kier alpha value is -1.64. The van der Waals surface area contributed by atoms with E-state index in [1.807, 2.05) is 6.92 Å². The quantitative estimate of drug-likeness (QED) is 0.590. The first-order valence-corrected chi connectivity index (χ1v) is 7.09. The van der Waals surface area contributed by atoms with Crippen LogP contribution in [0.3, 0.4) is 0 Å². The molecule has 0 aliphatic rings. The fourth-order valence-corrected chi connectivity index (χ4v) is 1.81. The Bertz CT molecular complexity index is 421. The topological polar surface area (TPSA) is 41.5 Å². The zero-order chi connectivity index (χ0) is 14.1. The highest BCUT2D eigenvalue weighted by atomic mass is 16.2. The third-order valence-corrected chi connectivity index (χ3v) is 3.02. The van der Waals surface area contributed by atoms with Gasteiger partial charge in [-0.25, -0.2) is 5.43 Å². The van der Waals surface area contributed by atoms with Crippen molar-refractivity contribution in [2.24, 2.45) is 5.10 Å². The second-order valence-electron chi connectivity index (χ2n) is 4.78. The van der Waals surface area contributed by atoms with Crippen LogP contribution in [0.5, 0.6) is 0 Å². The molecule has 0 saturated carbocycles. The van der Waals surface area contributed by atoms with Crippen molar-refractivity contribution < 1.29 is 4.79 Å². The van der Waals surface area contributed by atoms with Crippen molar-refractivity contribution in [3.63, 3.8) is 0 Å². The molecule has 0 aliphatic heterocycles. The largest absolute Gasteiger partial charge is 0.273 e. The molecule has 3 heteroatoms. The highest BCUT2D eigenvalue weighted by Gasteiger charge is 2.01. The van der Waals surface area contributed by atoms with Crippen LogP contribution in [0.15, 0.2) is 29.4 Å². The van der Waals surface area contributed by atoms with Crippen LogP contribution in [0, 0.1) is 0 Å². The van der Waals surface area contributed by atoms with E-state index in [0.29, 0.717) is 6.42 Å². The fraction of sp³-hybridized carbons (Fsp3) is 0.500. The average Bonchev–Trinajstić information content (AvgIpc) is 2.43. The Morgan fingerprint density at radius 3 is 2.42 bits per heavy atom. The van der Waals surface area contributed by atoms with Gasteiger partial charge in [-0.3, -0.25) is 4.79 Å². The molecule has 0 aromatic heterocycles. The number of rotatable bonds is 7. The van der Waals surface area contributed by atoms with Gasteiger partial charge in [0.05, 0.1) is 5.71 Å². The highest BCUT2D eigenvalue weighted by Crippen LogP contribution is 2.07. The van der Waals surface area contributed by atoms with Crippen LogP contribution in [0.2, 0.25) is 0 Å². The van der Waals surface area contributed by atoms with Crippen molar-refractivity contribution in [1.82, 2.24) is 5.43 Å². The van der Waals surface area contributed by atoms with E-state index in [1.165, 1.54) is 5.56 Å². The number of amides is 1. The molecule has 104 valence electrons. The summed E-state index contributed by atoms with van der Waals surface area (Å²) < 4.78 is 0. The van der Waals surface area contributed by atoms with Crippen molar-refractivity contribution in [2.75, 3.05) is 0 Å². The van der Waals surface area contributed by atoms with Crippen molar-refractivity contribution in [2.45, 2.75) is 52.9 Å².